The van der Waals surface area contributed by atoms with Crippen LogP contribution in [0.25, 0.3) is 0 Å². The molecule has 0 aliphatic carbocycles. The molecule has 1 aliphatic rings. The minimum absolute atomic E-state index is 0.211. The summed E-state index contributed by atoms with van der Waals surface area (Å²) in [5, 5.41) is 10.5. The molecule has 0 amide bonds. The Balaban J connectivity index is 2.66. The Kier molecular flexibility index (Phi) is 3.36. The van der Waals surface area contributed by atoms with Crippen LogP contribution < -0.4 is 5.56 Å². The molecule has 0 fully saturated rings. The number of rotatable bonds is 2. The highest BCUT2D eigenvalue weighted by Gasteiger charge is 2.35. The van der Waals surface area contributed by atoms with Gasteiger partial charge in [-0.3, -0.25) is 9.79 Å². The van der Waals surface area contributed by atoms with E-state index in [0.29, 0.717) is 23.2 Å². The zero-order valence-electron chi connectivity index (χ0n) is 10.9. The summed E-state index contributed by atoms with van der Waals surface area (Å²) in [7, 11) is 1.67. The monoisotopic (exact) mass is 250 g/mol. The van der Waals surface area contributed by atoms with E-state index < -0.39 is 5.60 Å². The van der Waals surface area contributed by atoms with Gasteiger partial charge in [0.05, 0.1) is 24.6 Å². The third-order valence-electron chi connectivity index (χ3n) is 3.53. The molecule has 2 heterocycles. The maximum Gasteiger partial charge on any atom is 0.254 e. The number of hydrogen-bond donors (Lipinski definition) is 2. The fourth-order valence-electron chi connectivity index (χ4n) is 2.15. The third kappa shape index (κ3) is 2.00. The van der Waals surface area contributed by atoms with Crippen molar-refractivity contribution in [2.24, 2.45) is 4.99 Å². The second kappa shape index (κ2) is 4.66. The van der Waals surface area contributed by atoms with Crippen LogP contribution in [0.5, 0.6) is 0 Å². The van der Waals surface area contributed by atoms with Gasteiger partial charge in [-0.15, -0.1) is 0 Å². The predicted molar refractivity (Wildman–Crippen MR) is 69.0 cm³/mol. The van der Waals surface area contributed by atoms with Gasteiger partial charge in [-0.05, 0) is 25.0 Å². The number of aromatic nitrogens is 1. The predicted octanol–water partition coefficient (Wildman–Crippen LogP) is 0.942. The van der Waals surface area contributed by atoms with Gasteiger partial charge in [0.1, 0.15) is 5.60 Å². The lowest BCUT2D eigenvalue weighted by atomic mass is 9.86. The lowest BCUT2D eigenvalue weighted by Gasteiger charge is -2.33. The van der Waals surface area contributed by atoms with E-state index in [9.17, 15) is 9.90 Å². The first-order chi connectivity index (χ1) is 8.51. The van der Waals surface area contributed by atoms with Gasteiger partial charge in [0.2, 0.25) is 0 Å². The average Bonchev–Trinajstić information content (AvgIpc) is 2.39. The van der Waals surface area contributed by atoms with E-state index in [1.807, 2.05) is 19.9 Å². The van der Waals surface area contributed by atoms with Gasteiger partial charge < -0.3 is 14.8 Å². The molecule has 98 valence electrons. The van der Waals surface area contributed by atoms with Crippen LogP contribution in [0.4, 0.5) is 0 Å². The molecular weight excluding hydrogens is 232 g/mol. The maximum absolute atomic E-state index is 12.0. The summed E-state index contributed by atoms with van der Waals surface area (Å²) < 4.78 is 5.31. The molecule has 2 rings (SSSR count). The van der Waals surface area contributed by atoms with Crippen molar-refractivity contribution in [3.05, 3.63) is 33.2 Å². The highest BCUT2D eigenvalue weighted by Crippen LogP contribution is 2.31. The summed E-state index contributed by atoms with van der Waals surface area (Å²) in [6.45, 7) is 4.17. The number of hydrogen-bond acceptors (Lipinski definition) is 4. The first-order valence-electron chi connectivity index (χ1n) is 6.02. The fraction of sp³-hybridized carbons (Fsp3) is 0.538. The number of aromatic amines is 1. The fourth-order valence-corrected chi connectivity index (χ4v) is 2.15. The number of nitrogens with one attached hydrogen (secondary N) is 1. The van der Waals surface area contributed by atoms with Crippen molar-refractivity contribution in [3.63, 3.8) is 0 Å². The second-order valence-corrected chi connectivity index (χ2v) is 4.59. The van der Waals surface area contributed by atoms with Crippen LogP contribution in [0.15, 0.2) is 15.9 Å². The first kappa shape index (κ1) is 13.0. The summed E-state index contributed by atoms with van der Waals surface area (Å²) in [5.74, 6) is 0. The normalized spacial score (nSPS) is 23.9. The van der Waals surface area contributed by atoms with Crippen molar-refractivity contribution in [2.45, 2.75) is 32.5 Å². The Morgan fingerprint density at radius 2 is 2.39 bits per heavy atom. The van der Waals surface area contributed by atoms with Gasteiger partial charge in [-0.2, -0.15) is 0 Å². The van der Waals surface area contributed by atoms with Crippen molar-refractivity contribution in [1.82, 2.24) is 4.98 Å². The molecule has 1 atom stereocenters. The molecule has 2 N–H and O–H groups in total. The molecule has 0 radical (unpaired) electrons. The van der Waals surface area contributed by atoms with Crippen LogP contribution in [0, 0.1) is 0 Å². The van der Waals surface area contributed by atoms with E-state index in [1.54, 1.807) is 7.05 Å². The molecule has 0 spiro atoms. The van der Waals surface area contributed by atoms with E-state index in [1.165, 1.54) is 0 Å². The van der Waals surface area contributed by atoms with Crippen molar-refractivity contribution < 1.29 is 9.84 Å². The van der Waals surface area contributed by atoms with E-state index in [2.05, 4.69) is 9.98 Å². The van der Waals surface area contributed by atoms with Crippen LogP contribution in [-0.4, -0.2) is 29.5 Å². The quantitative estimate of drug-likeness (QED) is 0.767. The highest BCUT2D eigenvalue weighted by molar-refractivity contribution is 5.97. The Bertz CT molecular complexity index is 548. The molecule has 18 heavy (non-hydrogen) atoms. The largest absolute Gasteiger partial charge is 0.383 e. The van der Waals surface area contributed by atoms with Crippen LogP contribution in [0.3, 0.4) is 0 Å². The number of ether oxygens (including phenoxy) is 1. The Hall–Kier alpha value is -1.46. The summed E-state index contributed by atoms with van der Waals surface area (Å²) in [5.41, 5.74) is 1.27. The molecular formula is C13H18N2O3. The summed E-state index contributed by atoms with van der Waals surface area (Å²) in [6, 6.07) is 1.81. The van der Waals surface area contributed by atoms with Crippen molar-refractivity contribution in [3.8, 4) is 0 Å². The smallest absolute Gasteiger partial charge is 0.254 e. The SMILES string of the molecule is CCC1(O)COCc2c1cc(/C(C)=N/C)[nH]c2=O. The van der Waals surface area contributed by atoms with Crippen molar-refractivity contribution in [1.29, 1.82) is 0 Å². The van der Waals surface area contributed by atoms with E-state index in [4.69, 9.17) is 4.74 Å². The molecule has 1 unspecified atom stereocenters. The van der Waals surface area contributed by atoms with Crippen LogP contribution >= 0.6 is 0 Å². The molecule has 5 heteroatoms. The lowest BCUT2D eigenvalue weighted by molar-refractivity contribution is -0.0756. The molecule has 0 bridgehead atoms. The summed E-state index contributed by atoms with van der Waals surface area (Å²) in [6.07, 6.45) is 0.505. The molecule has 1 aromatic rings. The molecule has 0 saturated heterocycles. The average molecular weight is 250 g/mol. The Morgan fingerprint density at radius 3 is 3.00 bits per heavy atom. The van der Waals surface area contributed by atoms with Crippen LogP contribution in [-0.2, 0) is 16.9 Å². The van der Waals surface area contributed by atoms with Gasteiger partial charge in [-0.25, -0.2) is 0 Å². The number of nitrogens with zero attached hydrogens (tertiary/aromatic N) is 1. The minimum atomic E-state index is -1.08. The van der Waals surface area contributed by atoms with Crippen LogP contribution in [0.1, 0.15) is 37.1 Å². The van der Waals surface area contributed by atoms with E-state index in [-0.39, 0.29) is 18.8 Å². The van der Waals surface area contributed by atoms with E-state index in [0.717, 1.165) is 5.71 Å². The zero-order valence-corrected chi connectivity index (χ0v) is 10.9. The summed E-state index contributed by atoms with van der Waals surface area (Å²) in [4.78, 5) is 18.8. The molecule has 0 saturated carbocycles. The number of aliphatic imine (C=N–C) groups is 1. The number of pyridine rings is 1. The van der Waals surface area contributed by atoms with Gasteiger partial charge in [0.25, 0.3) is 5.56 Å². The topological polar surface area (TPSA) is 74.7 Å². The number of aliphatic hydroxyl groups is 1. The summed E-state index contributed by atoms with van der Waals surface area (Å²) >= 11 is 0. The highest BCUT2D eigenvalue weighted by atomic mass is 16.5. The minimum Gasteiger partial charge on any atom is -0.383 e. The van der Waals surface area contributed by atoms with Crippen molar-refractivity contribution in [2.75, 3.05) is 13.7 Å². The molecule has 1 aromatic heterocycles. The van der Waals surface area contributed by atoms with Crippen molar-refractivity contribution >= 4 is 5.71 Å². The van der Waals surface area contributed by atoms with Gasteiger partial charge in [0, 0.05) is 12.6 Å². The standard InChI is InChI=1S/C13H18N2O3/c1-4-13(17)7-18-6-9-10(13)5-11(8(2)14-3)15-12(9)16/h5,17H,4,6-7H2,1-3H3,(H,15,16)/b14-8+. The Morgan fingerprint density at radius 1 is 1.67 bits per heavy atom. The Labute approximate surface area is 106 Å². The second-order valence-electron chi connectivity index (χ2n) is 4.59. The lowest BCUT2D eigenvalue weighted by Crippen LogP contribution is -2.39. The number of fused-ring (bicyclic) bond motifs is 1. The molecule has 1 aliphatic heterocycles. The molecule has 5 nitrogen and oxygen atoms in total. The maximum atomic E-state index is 12.0. The molecule has 0 aromatic carbocycles. The number of H-pyrrole nitrogens is 1. The first-order valence-corrected chi connectivity index (χ1v) is 6.02. The zero-order chi connectivity index (χ0) is 13.3. The third-order valence-corrected chi connectivity index (χ3v) is 3.53. The van der Waals surface area contributed by atoms with Gasteiger partial charge in [-0.1, -0.05) is 6.92 Å². The van der Waals surface area contributed by atoms with Gasteiger partial charge >= 0.3 is 0 Å². The van der Waals surface area contributed by atoms with E-state index >= 15 is 0 Å². The van der Waals surface area contributed by atoms with Crippen LogP contribution in [0.2, 0.25) is 0 Å². The van der Waals surface area contributed by atoms with Gasteiger partial charge in [0.15, 0.2) is 0 Å².